The number of halogens is 1. The molecule has 0 saturated heterocycles. The number of carbonyl (C=O) groups is 1. The largest absolute Gasteiger partial charge is 0.475 e. The fourth-order valence-electron chi connectivity index (χ4n) is 0.656. The molecular formula is C6H5ClO3. The number of rotatable bonds is 1. The van der Waals surface area contributed by atoms with E-state index >= 15 is 0 Å². The van der Waals surface area contributed by atoms with Crippen LogP contribution in [0, 0.1) is 6.92 Å². The molecule has 0 amide bonds. The Bertz CT molecular complexity index is 264. The number of aryl methyl sites for hydroxylation is 1. The molecular weight excluding hydrogens is 156 g/mol. The highest BCUT2D eigenvalue weighted by atomic mass is 35.5. The van der Waals surface area contributed by atoms with Gasteiger partial charge in [0.15, 0.2) is 5.22 Å². The fraction of sp³-hybridized carbons (Fsp3) is 0.167. The van der Waals surface area contributed by atoms with Crippen LogP contribution < -0.4 is 0 Å². The Hall–Kier alpha value is -0.960. The molecule has 1 N–H and O–H groups in total. The molecule has 0 bridgehead atoms. The summed E-state index contributed by atoms with van der Waals surface area (Å²) in [5, 5.41) is 8.53. The summed E-state index contributed by atoms with van der Waals surface area (Å²) in [6, 6.07) is 1.46. The minimum atomic E-state index is -1.09. The first kappa shape index (κ1) is 7.15. The molecule has 0 saturated carbocycles. The zero-order valence-electron chi connectivity index (χ0n) is 5.22. The summed E-state index contributed by atoms with van der Waals surface area (Å²) in [4.78, 5) is 10.3. The molecule has 1 heterocycles. The van der Waals surface area contributed by atoms with E-state index in [1.54, 1.807) is 6.92 Å². The first-order valence-corrected chi connectivity index (χ1v) is 2.98. The number of furan rings is 1. The molecule has 1 aromatic heterocycles. The van der Waals surface area contributed by atoms with Crippen molar-refractivity contribution in [3.8, 4) is 0 Å². The van der Waals surface area contributed by atoms with Gasteiger partial charge in [-0.15, -0.1) is 0 Å². The SMILES string of the molecule is Cc1cc(Cl)oc1C(=O)O. The zero-order valence-corrected chi connectivity index (χ0v) is 5.97. The predicted octanol–water partition coefficient (Wildman–Crippen LogP) is 1.94. The lowest BCUT2D eigenvalue weighted by atomic mass is 10.3. The van der Waals surface area contributed by atoms with Gasteiger partial charge in [0, 0.05) is 5.56 Å². The van der Waals surface area contributed by atoms with E-state index in [-0.39, 0.29) is 11.0 Å². The molecule has 1 aromatic rings. The molecule has 54 valence electrons. The lowest BCUT2D eigenvalue weighted by Crippen LogP contribution is -1.94. The summed E-state index contributed by atoms with van der Waals surface area (Å²) in [5.74, 6) is -1.19. The topological polar surface area (TPSA) is 50.4 Å². The van der Waals surface area contributed by atoms with E-state index in [0.29, 0.717) is 5.56 Å². The van der Waals surface area contributed by atoms with E-state index in [1.165, 1.54) is 6.07 Å². The van der Waals surface area contributed by atoms with Crippen molar-refractivity contribution in [2.75, 3.05) is 0 Å². The van der Waals surface area contributed by atoms with Crippen molar-refractivity contribution >= 4 is 17.6 Å². The van der Waals surface area contributed by atoms with Crippen LogP contribution in [-0.4, -0.2) is 11.1 Å². The Morgan fingerprint density at radius 1 is 1.80 bits per heavy atom. The van der Waals surface area contributed by atoms with Crippen LogP contribution in [0.4, 0.5) is 0 Å². The third-order valence-electron chi connectivity index (χ3n) is 1.08. The first-order valence-electron chi connectivity index (χ1n) is 2.60. The van der Waals surface area contributed by atoms with Crippen LogP contribution in [0.15, 0.2) is 10.5 Å². The molecule has 4 heteroatoms. The molecule has 0 aliphatic carbocycles. The molecule has 0 radical (unpaired) electrons. The lowest BCUT2D eigenvalue weighted by molar-refractivity contribution is 0.0661. The molecule has 3 nitrogen and oxygen atoms in total. The van der Waals surface area contributed by atoms with Crippen LogP contribution >= 0.6 is 11.6 Å². The summed E-state index contributed by atoms with van der Waals surface area (Å²) < 4.78 is 4.64. The molecule has 0 fully saturated rings. The molecule has 0 spiro atoms. The summed E-state index contributed by atoms with van der Waals surface area (Å²) in [7, 11) is 0. The van der Waals surface area contributed by atoms with Crippen molar-refractivity contribution in [3.05, 3.63) is 22.6 Å². The number of carboxylic acids is 1. The van der Waals surface area contributed by atoms with E-state index in [4.69, 9.17) is 16.7 Å². The van der Waals surface area contributed by atoms with Gasteiger partial charge in [0.1, 0.15) is 0 Å². The van der Waals surface area contributed by atoms with Gasteiger partial charge in [-0.3, -0.25) is 0 Å². The molecule has 0 aromatic carbocycles. The van der Waals surface area contributed by atoms with Crippen molar-refractivity contribution in [2.45, 2.75) is 6.92 Å². The number of hydrogen-bond acceptors (Lipinski definition) is 2. The highest BCUT2D eigenvalue weighted by Crippen LogP contribution is 2.18. The maximum absolute atomic E-state index is 10.3. The smallest absolute Gasteiger partial charge is 0.372 e. The molecule has 0 atom stereocenters. The van der Waals surface area contributed by atoms with Crippen molar-refractivity contribution in [3.63, 3.8) is 0 Å². The summed E-state index contributed by atoms with van der Waals surface area (Å²) in [5.41, 5.74) is 0.539. The van der Waals surface area contributed by atoms with Crippen LogP contribution in [0.1, 0.15) is 16.1 Å². The highest BCUT2D eigenvalue weighted by molar-refractivity contribution is 6.29. The van der Waals surface area contributed by atoms with Gasteiger partial charge in [0.25, 0.3) is 0 Å². The van der Waals surface area contributed by atoms with Crippen LogP contribution in [0.5, 0.6) is 0 Å². The standard InChI is InChI=1S/C6H5ClO3/c1-3-2-4(7)10-5(3)6(8)9/h2H,1H3,(H,8,9). The van der Waals surface area contributed by atoms with Crippen molar-refractivity contribution in [1.29, 1.82) is 0 Å². The van der Waals surface area contributed by atoms with Crippen LogP contribution in [0.2, 0.25) is 5.22 Å². The Balaban J connectivity index is 3.15. The van der Waals surface area contributed by atoms with Crippen molar-refractivity contribution in [1.82, 2.24) is 0 Å². The predicted molar refractivity (Wildman–Crippen MR) is 35.4 cm³/mol. The maximum Gasteiger partial charge on any atom is 0.372 e. The van der Waals surface area contributed by atoms with Crippen LogP contribution in [0.25, 0.3) is 0 Å². The van der Waals surface area contributed by atoms with Crippen molar-refractivity contribution < 1.29 is 14.3 Å². The Labute approximate surface area is 62.2 Å². The highest BCUT2D eigenvalue weighted by Gasteiger charge is 2.12. The zero-order chi connectivity index (χ0) is 7.72. The van der Waals surface area contributed by atoms with Gasteiger partial charge in [-0.05, 0) is 24.6 Å². The first-order chi connectivity index (χ1) is 4.61. The number of carboxylic acid groups (broad SMARTS) is 1. The van der Waals surface area contributed by atoms with E-state index in [0.717, 1.165) is 0 Å². The van der Waals surface area contributed by atoms with Gasteiger partial charge in [0.05, 0.1) is 0 Å². The molecule has 0 aliphatic rings. The summed E-state index contributed by atoms with van der Waals surface area (Å²) in [6.45, 7) is 1.62. The minimum absolute atomic E-state index is 0.0926. The van der Waals surface area contributed by atoms with Gasteiger partial charge >= 0.3 is 5.97 Å². The third kappa shape index (κ3) is 1.14. The average Bonchev–Trinajstić information content (AvgIpc) is 2.10. The van der Waals surface area contributed by atoms with Gasteiger partial charge in [0.2, 0.25) is 5.76 Å². The monoisotopic (exact) mass is 160 g/mol. The number of aromatic carboxylic acids is 1. The van der Waals surface area contributed by atoms with Gasteiger partial charge in [-0.1, -0.05) is 0 Å². The normalized spacial score (nSPS) is 9.80. The second-order valence-electron chi connectivity index (χ2n) is 1.87. The maximum atomic E-state index is 10.3. The van der Waals surface area contributed by atoms with E-state index in [1.807, 2.05) is 0 Å². The van der Waals surface area contributed by atoms with Gasteiger partial charge < -0.3 is 9.52 Å². The molecule has 0 aliphatic heterocycles. The van der Waals surface area contributed by atoms with Gasteiger partial charge in [-0.2, -0.15) is 0 Å². The Morgan fingerprint density at radius 3 is 2.60 bits per heavy atom. The summed E-state index contributed by atoms with van der Waals surface area (Å²) >= 11 is 5.38. The second kappa shape index (κ2) is 2.34. The Morgan fingerprint density at radius 2 is 2.40 bits per heavy atom. The third-order valence-corrected chi connectivity index (χ3v) is 1.27. The average molecular weight is 161 g/mol. The van der Waals surface area contributed by atoms with E-state index < -0.39 is 5.97 Å². The van der Waals surface area contributed by atoms with Gasteiger partial charge in [-0.25, -0.2) is 4.79 Å². The molecule has 10 heavy (non-hydrogen) atoms. The lowest BCUT2D eigenvalue weighted by Gasteiger charge is -1.85. The molecule has 0 unspecified atom stereocenters. The van der Waals surface area contributed by atoms with E-state index in [9.17, 15) is 4.79 Å². The van der Waals surface area contributed by atoms with Crippen LogP contribution in [0.3, 0.4) is 0 Å². The minimum Gasteiger partial charge on any atom is -0.475 e. The fourth-order valence-corrected chi connectivity index (χ4v) is 0.896. The number of hydrogen-bond donors (Lipinski definition) is 1. The second-order valence-corrected chi connectivity index (χ2v) is 2.24. The van der Waals surface area contributed by atoms with Crippen molar-refractivity contribution in [2.24, 2.45) is 0 Å². The van der Waals surface area contributed by atoms with E-state index in [2.05, 4.69) is 4.42 Å². The Kier molecular flexibility index (Phi) is 1.68. The summed E-state index contributed by atoms with van der Waals surface area (Å²) in [6.07, 6.45) is 0. The molecule has 1 rings (SSSR count). The van der Waals surface area contributed by atoms with Crippen LogP contribution in [-0.2, 0) is 0 Å². The quantitative estimate of drug-likeness (QED) is 0.683.